The van der Waals surface area contributed by atoms with Gasteiger partial charge in [-0.3, -0.25) is 9.13 Å². The molecule has 0 aromatic carbocycles. The lowest BCUT2D eigenvalue weighted by atomic mass is 10.1. The smallest absolute Gasteiger partial charge is 0.214 e. The van der Waals surface area contributed by atoms with Gasteiger partial charge in [-0.1, -0.05) is 51.4 Å². The quantitative estimate of drug-likeness (QED) is 0.0582. The molecule has 10 nitrogen and oxygen atoms in total. The molecule has 0 aromatic rings. The summed E-state index contributed by atoms with van der Waals surface area (Å²) in [4.78, 5) is 19.3. The van der Waals surface area contributed by atoms with E-state index in [1.807, 2.05) is 0 Å². The molecule has 2 unspecified atom stereocenters. The van der Waals surface area contributed by atoms with Crippen LogP contribution in [0, 0.1) is 0 Å². The standard InChI is InChI=1S/C20H46N2O8P2/c23-19(24)11-15-31(27,28)17-21-13-9-7-5-3-1-2-4-6-8-10-14-22-18-32(29,30)16-12-20(25)26/h19-26H,1-18H2,(H,27,28)(H,29,30). The van der Waals surface area contributed by atoms with E-state index in [1.165, 1.54) is 25.7 Å². The second kappa shape index (κ2) is 19.4. The Labute approximate surface area is 192 Å². The molecule has 0 spiro atoms. The maximum atomic E-state index is 11.8. The molecular weight excluding hydrogens is 458 g/mol. The molecule has 0 bridgehead atoms. The monoisotopic (exact) mass is 504 g/mol. The van der Waals surface area contributed by atoms with Gasteiger partial charge >= 0.3 is 0 Å². The Hall–Kier alpha value is 0.140. The van der Waals surface area contributed by atoms with E-state index in [2.05, 4.69) is 10.6 Å². The van der Waals surface area contributed by atoms with E-state index in [4.69, 9.17) is 20.4 Å². The first-order chi connectivity index (χ1) is 15.0. The van der Waals surface area contributed by atoms with Gasteiger partial charge < -0.3 is 40.8 Å². The first-order valence-corrected chi connectivity index (χ1v) is 15.9. The maximum absolute atomic E-state index is 11.8. The second-order valence-corrected chi connectivity index (χ2v) is 13.4. The van der Waals surface area contributed by atoms with E-state index in [1.54, 1.807) is 0 Å². The summed E-state index contributed by atoms with van der Waals surface area (Å²) in [5.41, 5.74) is 0. The van der Waals surface area contributed by atoms with Gasteiger partial charge in [0.05, 0.1) is 12.6 Å². The topological polar surface area (TPSA) is 180 Å². The minimum atomic E-state index is -3.32. The summed E-state index contributed by atoms with van der Waals surface area (Å²) in [6, 6.07) is 0. The fourth-order valence-electron chi connectivity index (χ4n) is 3.21. The minimum absolute atomic E-state index is 0.0163. The molecular formula is C20H46N2O8P2. The summed E-state index contributed by atoms with van der Waals surface area (Å²) in [5.74, 6) is 0. The van der Waals surface area contributed by atoms with Crippen molar-refractivity contribution in [2.45, 2.75) is 89.6 Å². The molecule has 0 saturated carbocycles. The normalized spacial score (nSPS) is 15.9. The number of unbranched alkanes of at least 4 members (excludes halogenated alkanes) is 9. The number of hydrogen-bond acceptors (Lipinski definition) is 8. The molecule has 0 saturated heterocycles. The molecule has 0 radical (unpaired) electrons. The molecule has 0 heterocycles. The minimum Gasteiger partial charge on any atom is -0.368 e. The third-order valence-electron chi connectivity index (χ3n) is 5.15. The Balaban J connectivity index is 3.35. The summed E-state index contributed by atoms with van der Waals surface area (Å²) in [6.07, 6.45) is 7.74. The van der Waals surface area contributed by atoms with Crippen LogP contribution in [-0.4, -0.2) is 80.8 Å². The first-order valence-electron chi connectivity index (χ1n) is 11.8. The van der Waals surface area contributed by atoms with E-state index in [0.717, 1.165) is 38.5 Å². The third kappa shape index (κ3) is 23.3. The fourth-order valence-corrected chi connectivity index (χ4v) is 5.81. The maximum Gasteiger partial charge on any atom is 0.214 e. The molecule has 0 amide bonds. The van der Waals surface area contributed by atoms with Crippen molar-refractivity contribution < 1.29 is 39.3 Å². The van der Waals surface area contributed by atoms with E-state index in [9.17, 15) is 18.9 Å². The molecule has 12 heteroatoms. The van der Waals surface area contributed by atoms with Crippen LogP contribution in [0.5, 0.6) is 0 Å². The van der Waals surface area contributed by atoms with Crippen molar-refractivity contribution >= 4 is 14.7 Å². The second-order valence-electron chi connectivity index (χ2n) is 8.53. The lowest BCUT2D eigenvalue weighted by molar-refractivity contribution is -0.0417. The highest BCUT2D eigenvalue weighted by molar-refractivity contribution is 7.58. The van der Waals surface area contributed by atoms with Crippen LogP contribution in [0.1, 0.15) is 77.0 Å². The predicted molar refractivity (Wildman–Crippen MR) is 127 cm³/mol. The van der Waals surface area contributed by atoms with Gasteiger partial charge in [0, 0.05) is 25.2 Å². The zero-order valence-corrected chi connectivity index (χ0v) is 21.1. The van der Waals surface area contributed by atoms with Crippen LogP contribution >= 0.6 is 14.7 Å². The van der Waals surface area contributed by atoms with Crippen LogP contribution in [0.4, 0.5) is 0 Å². The van der Waals surface area contributed by atoms with E-state index < -0.39 is 27.3 Å². The largest absolute Gasteiger partial charge is 0.368 e. The highest BCUT2D eigenvalue weighted by Gasteiger charge is 2.19. The predicted octanol–water partition coefficient (Wildman–Crippen LogP) is 1.92. The van der Waals surface area contributed by atoms with Gasteiger partial charge in [-0.25, -0.2) is 0 Å². The van der Waals surface area contributed by atoms with E-state index >= 15 is 0 Å². The Bertz CT molecular complexity index is 492. The van der Waals surface area contributed by atoms with Gasteiger partial charge in [0.15, 0.2) is 12.6 Å². The lowest BCUT2D eigenvalue weighted by Crippen LogP contribution is -2.19. The molecule has 0 aliphatic rings. The summed E-state index contributed by atoms with van der Waals surface area (Å²) in [5, 5.41) is 40.9. The molecule has 0 fully saturated rings. The molecule has 8 N–H and O–H groups in total. The van der Waals surface area contributed by atoms with Crippen molar-refractivity contribution in [3.8, 4) is 0 Å². The molecule has 0 aliphatic heterocycles. The van der Waals surface area contributed by atoms with Crippen LogP contribution in [-0.2, 0) is 9.13 Å². The van der Waals surface area contributed by atoms with Crippen LogP contribution < -0.4 is 10.6 Å². The van der Waals surface area contributed by atoms with Gasteiger partial charge in [-0.2, -0.15) is 0 Å². The van der Waals surface area contributed by atoms with E-state index in [-0.39, 0.29) is 37.7 Å². The van der Waals surface area contributed by atoms with Crippen LogP contribution in [0.15, 0.2) is 0 Å². The van der Waals surface area contributed by atoms with Crippen molar-refractivity contribution in [2.24, 2.45) is 0 Å². The summed E-state index contributed by atoms with van der Waals surface area (Å²) < 4.78 is 23.5. The number of hydrogen-bond donors (Lipinski definition) is 8. The molecule has 2 atom stereocenters. The first kappa shape index (κ1) is 32.1. The zero-order valence-electron chi connectivity index (χ0n) is 19.3. The van der Waals surface area contributed by atoms with Crippen molar-refractivity contribution in [3.05, 3.63) is 0 Å². The summed E-state index contributed by atoms with van der Waals surface area (Å²) in [6.45, 7) is 1.38. The number of nitrogens with one attached hydrogen (secondary N) is 2. The van der Waals surface area contributed by atoms with Gasteiger partial charge in [0.25, 0.3) is 0 Å². The fraction of sp³-hybridized carbons (Fsp3) is 1.00. The van der Waals surface area contributed by atoms with Crippen LogP contribution in [0.25, 0.3) is 0 Å². The third-order valence-corrected chi connectivity index (χ3v) is 8.50. The average Bonchev–Trinajstić information content (AvgIpc) is 2.70. The van der Waals surface area contributed by atoms with Crippen LogP contribution in [0.2, 0.25) is 0 Å². The molecule has 0 aromatic heterocycles. The number of aliphatic hydroxyl groups excluding tert-OH is 2. The zero-order chi connectivity index (χ0) is 24.3. The van der Waals surface area contributed by atoms with Crippen LogP contribution in [0.3, 0.4) is 0 Å². The lowest BCUT2D eigenvalue weighted by Gasteiger charge is -2.13. The van der Waals surface area contributed by atoms with Crippen molar-refractivity contribution in [2.75, 3.05) is 38.0 Å². The van der Waals surface area contributed by atoms with E-state index in [0.29, 0.717) is 13.1 Å². The number of aliphatic hydroxyl groups is 4. The summed E-state index contributed by atoms with van der Waals surface area (Å²) in [7, 11) is -6.64. The Morgan fingerprint density at radius 3 is 1.09 bits per heavy atom. The Morgan fingerprint density at radius 2 is 0.812 bits per heavy atom. The van der Waals surface area contributed by atoms with Crippen molar-refractivity contribution in [1.82, 2.24) is 10.6 Å². The van der Waals surface area contributed by atoms with Crippen molar-refractivity contribution in [1.29, 1.82) is 0 Å². The van der Waals surface area contributed by atoms with Gasteiger partial charge in [-0.15, -0.1) is 0 Å². The highest BCUT2D eigenvalue weighted by atomic mass is 31.2. The molecule has 194 valence electrons. The molecule has 0 aliphatic carbocycles. The number of rotatable bonds is 23. The van der Waals surface area contributed by atoms with Crippen molar-refractivity contribution in [3.63, 3.8) is 0 Å². The Morgan fingerprint density at radius 1 is 0.531 bits per heavy atom. The summed E-state index contributed by atoms with van der Waals surface area (Å²) >= 11 is 0. The van der Waals surface area contributed by atoms with Gasteiger partial charge in [-0.05, 0) is 25.9 Å². The molecule has 32 heavy (non-hydrogen) atoms. The average molecular weight is 505 g/mol. The Kier molecular flexibility index (Phi) is 19.5. The van der Waals surface area contributed by atoms with Gasteiger partial charge in [0.2, 0.25) is 14.7 Å². The van der Waals surface area contributed by atoms with Gasteiger partial charge in [0.1, 0.15) is 0 Å². The highest BCUT2D eigenvalue weighted by Crippen LogP contribution is 2.40. The molecule has 0 rings (SSSR count). The SMILES string of the molecule is O=P(O)(CCC(O)O)CNCCCCCCCCCCCCNCP(=O)(O)CCC(O)O.